The molecule has 3 rings (SSSR count). The van der Waals surface area contributed by atoms with Crippen molar-refractivity contribution in [3.8, 4) is 0 Å². The van der Waals surface area contributed by atoms with Gasteiger partial charge in [-0.2, -0.15) is 0 Å². The number of amides is 3. The van der Waals surface area contributed by atoms with Crippen molar-refractivity contribution in [3.05, 3.63) is 10.6 Å². The molecule has 0 radical (unpaired) electrons. The molecule has 0 bridgehead atoms. The van der Waals surface area contributed by atoms with Crippen LogP contribution >= 0.6 is 11.8 Å². The van der Waals surface area contributed by atoms with Gasteiger partial charge in [0.25, 0.3) is 0 Å². The number of nitrogens with zero attached hydrogens (tertiary/aromatic N) is 2. The predicted molar refractivity (Wildman–Crippen MR) is 111 cm³/mol. The second-order valence-electron chi connectivity index (χ2n) is 8.26. The van der Waals surface area contributed by atoms with Gasteiger partial charge in [-0.1, -0.05) is 6.92 Å². The molecule has 6 atom stereocenters. The second kappa shape index (κ2) is 8.56. The van der Waals surface area contributed by atoms with E-state index in [-0.39, 0.29) is 53.2 Å². The molecule has 10 nitrogen and oxygen atoms in total. The van der Waals surface area contributed by atoms with Crippen molar-refractivity contribution in [2.75, 3.05) is 27.2 Å². The summed E-state index contributed by atoms with van der Waals surface area (Å²) in [6.07, 6.45) is 0.593. The fraction of sp³-hybridized carbons (Fsp3) is 0.684. The number of rotatable bonds is 7. The maximum atomic E-state index is 12.8. The normalized spacial score (nSPS) is 31.3. The van der Waals surface area contributed by atoms with Crippen LogP contribution in [0.2, 0.25) is 0 Å². The number of nitrogens with one attached hydrogen (secondary N) is 2. The van der Waals surface area contributed by atoms with E-state index in [9.17, 15) is 24.3 Å². The van der Waals surface area contributed by atoms with Gasteiger partial charge in [-0.15, -0.1) is 11.8 Å². The fourth-order valence-electron chi connectivity index (χ4n) is 4.57. The number of β-lactam (4-membered cyclic amide) rings is 1. The van der Waals surface area contributed by atoms with Gasteiger partial charge in [0.2, 0.25) is 17.7 Å². The van der Waals surface area contributed by atoms with E-state index in [0.717, 1.165) is 0 Å². The summed E-state index contributed by atoms with van der Waals surface area (Å²) in [6, 6.07) is -1.04. The zero-order valence-corrected chi connectivity index (χ0v) is 18.4. The van der Waals surface area contributed by atoms with Crippen molar-refractivity contribution >= 4 is 35.5 Å². The zero-order chi connectivity index (χ0) is 22.3. The standard InChI is InChI=1S/C19H29N5O5S/c1-8-14-13(9(2)22-12(25)6-20)18(27)24(14)15(19(28)29)16(8)30-10-5-11(21-7-10)17(26)23(3)4/h8-11,13-14,21H,5-7,20H2,1-4H3,(H,22,25)(H,28,29)/t8-,9-,10+,11+,13-,14?/m1/s1. The summed E-state index contributed by atoms with van der Waals surface area (Å²) in [5.41, 5.74) is 5.37. The molecule has 0 saturated carbocycles. The Kier molecular flexibility index (Phi) is 6.44. The third kappa shape index (κ3) is 3.81. The van der Waals surface area contributed by atoms with Gasteiger partial charge in [-0.25, -0.2) is 4.79 Å². The number of hydrogen-bond donors (Lipinski definition) is 4. The third-order valence-corrected chi connectivity index (χ3v) is 7.54. The van der Waals surface area contributed by atoms with Crippen LogP contribution < -0.4 is 16.4 Å². The van der Waals surface area contributed by atoms with E-state index in [4.69, 9.17) is 5.73 Å². The summed E-state index contributed by atoms with van der Waals surface area (Å²) in [5.74, 6) is -2.46. The minimum Gasteiger partial charge on any atom is -0.477 e. The number of carboxylic acids is 1. The average molecular weight is 440 g/mol. The monoisotopic (exact) mass is 439 g/mol. The molecular formula is C19H29N5O5S. The Bertz CT molecular complexity index is 800. The predicted octanol–water partition coefficient (Wildman–Crippen LogP) is -1.23. The first-order valence-corrected chi connectivity index (χ1v) is 10.9. The van der Waals surface area contributed by atoms with Crippen LogP contribution in [0, 0.1) is 11.8 Å². The van der Waals surface area contributed by atoms with Gasteiger partial charge in [0.15, 0.2) is 0 Å². The van der Waals surface area contributed by atoms with Gasteiger partial charge in [0, 0.05) is 42.8 Å². The number of carbonyl (C=O) groups excluding carboxylic acids is 3. The van der Waals surface area contributed by atoms with E-state index in [1.54, 1.807) is 21.0 Å². The summed E-state index contributed by atoms with van der Waals surface area (Å²) in [4.78, 5) is 52.2. The molecule has 3 aliphatic heterocycles. The smallest absolute Gasteiger partial charge is 0.353 e. The van der Waals surface area contributed by atoms with Crippen molar-refractivity contribution in [1.82, 2.24) is 20.4 Å². The lowest BCUT2D eigenvalue weighted by Crippen LogP contribution is -2.66. The molecule has 5 N–H and O–H groups in total. The van der Waals surface area contributed by atoms with E-state index < -0.39 is 17.9 Å². The highest BCUT2D eigenvalue weighted by Gasteiger charge is 2.60. The first kappa shape index (κ1) is 22.6. The Labute approximate surface area is 179 Å². The summed E-state index contributed by atoms with van der Waals surface area (Å²) >= 11 is 1.44. The number of nitrogens with two attached hydrogens (primary N) is 1. The lowest BCUT2D eigenvalue weighted by molar-refractivity contribution is -0.158. The number of aliphatic carboxylic acids is 1. The maximum absolute atomic E-state index is 12.8. The number of thioether (sulfide) groups is 1. The molecule has 3 amide bonds. The third-order valence-electron chi connectivity index (χ3n) is 6.03. The van der Waals surface area contributed by atoms with Gasteiger partial charge in [0.1, 0.15) is 5.70 Å². The van der Waals surface area contributed by atoms with Crippen molar-refractivity contribution in [1.29, 1.82) is 0 Å². The van der Waals surface area contributed by atoms with E-state index >= 15 is 0 Å². The number of likely N-dealkylation sites (N-methyl/N-ethyl adjacent to an activating group) is 1. The highest BCUT2D eigenvalue weighted by atomic mass is 32.2. The van der Waals surface area contributed by atoms with Crippen LogP contribution in [0.3, 0.4) is 0 Å². The highest BCUT2D eigenvalue weighted by molar-refractivity contribution is 8.03. The van der Waals surface area contributed by atoms with Gasteiger partial charge in [0.05, 0.1) is 24.5 Å². The zero-order valence-electron chi connectivity index (χ0n) is 17.5. The SMILES string of the molecule is C[C@H]1C(S[C@@H]2CN[C@H](C(=O)N(C)C)C2)=C(C(=O)O)N2C(=O)[C@H]([C@@H](C)NC(=O)CN)C12. The lowest BCUT2D eigenvalue weighted by atomic mass is 9.78. The summed E-state index contributed by atoms with van der Waals surface area (Å²) < 4.78 is 0. The van der Waals surface area contributed by atoms with E-state index in [1.165, 1.54) is 21.6 Å². The molecule has 3 heterocycles. The Balaban J connectivity index is 1.76. The van der Waals surface area contributed by atoms with Crippen molar-refractivity contribution in [3.63, 3.8) is 0 Å². The molecule has 0 aromatic rings. The Morgan fingerprint density at radius 3 is 2.63 bits per heavy atom. The van der Waals surface area contributed by atoms with Crippen molar-refractivity contribution < 1.29 is 24.3 Å². The topological polar surface area (TPSA) is 145 Å². The Morgan fingerprint density at radius 2 is 2.07 bits per heavy atom. The van der Waals surface area contributed by atoms with Crippen LogP contribution in [0.4, 0.5) is 0 Å². The number of hydrogen-bond acceptors (Lipinski definition) is 7. The Hall–Kier alpha value is -2.11. The van der Waals surface area contributed by atoms with Crippen LogP contribution in [0.5, 0.6) is 0 Å². The molecule has 2 fully saturated rings. The molecule has 0 spiro atoms. The van der Waals surface area contributed by atoms with Crippen LogP contribution in [-0.2, 0) is 19.2 Å². The van der Waals surface area contributed by atoms with Crippen LogP contribution in [0.25, 0.3) is 0 Å². The Morgan fingerprint density at radius 1 is 1.40 bits per heavy atom. The highest BCUT2D eigenvalue weighted by Crippen LogP contribution is 2.51. The molecule has 1 unspecified atom stereocenters. The number of carboxylic acid groups (broad SMARTS) is 1. The number of fused-ring (bicyclic) bond motifs is 1. The van der Waals surface area contributed by atoms with Gasteiger partial charge < -0.3 is 31.3 Å². The second-order valence-corrected chi connectivity index (χ2v) is 9.60. The minimum atomic E-state index is -1.14. The van der Waals surface area contributed by atoms with Gasteiger partial charge in [-0.05, 0) is 13.3 Å². The largest absolute Gasteiger partial charge is 0.477 e. The molecule has 3 aliphatic rings. The molecular weight excluding hydrogens is 410 g/mol. The maximum Gasteiger partial charge on any atom is 0.353 e. The van der Waals surface area contributed by atoms with Crippen LogP contribution in [0.1, 0.15) is 20.3 Å². The van der Waals surface area contributed by atoms with E-state index in [1.807, 2.05) is 6.92 Å². The molecule has 0 aromatic carbocycles. The molecule has 0 aliphatic carbocycles. The van der Waals surface area contributed by atoms with Crippen LogP contribution in [-0.4, -0.2) is 89.2 Å². The van der Waals surface area contributed by atoms with Crippen molar-refractivity contribution in [2.45, 2.75) is 43.6 Å². The van der Waals surface area contributed by atoms with E-state index in [0.29, 0.717) is 17.9 Å². The van der Waals surface area contributed by atoms with Gasteiger partial charge >= 0.3 is 5.97 Å². The summed E-state index contributed by atoms with van der Waals surface area (Å²) in [6.45, 7) is 4.07. The molecule has 2 saturated heterocycles. The minimum absolute atomic E-state index is 0.00598. The average Bonchev–Trinajstić information content (AvgIpc) is 3.23. The summed E-state index contributed by atoms with van der Waals surface area (Å²) in [5, 5.41) is 15.8. The van der Waals surface area contributed by atoms with Gasteiger partial charge in [-0.3, -0.25) is 14.4 Å². The van der Waals surface area contributed by atoms with E-state index in [2.05, 4.69) is 10.6 Å². The lowest BCUT2D eigenvalue weighted by Gasteiger charge is -2.47. The molecule has 30 heavy (non-hydrogen) atoms. The summed E-state index contributed by atoms with van der Waals surface area (Å²) in [7, 11) is 3.41. The molecule has 0 aromatic heterocycles. The van der Waals surface area contributed by atoms with Crippen LogP contribution in [0.15, 0.2) is 10.6 Å². The fourth-order valence-corrected chi connectivity index (χ4v) is 6.05. The number of carbonyl (C=O) groups is 4. The quantitative estimate of drug-likeness (QED) is 0.361. The van der Waals surface area contributed by atoms with Crippen molar-refractivity contribution in [2.24, 2.45) is 17.6 Å². The first-order valence-electron chi connectivity index (χ1n) is 9.99. The molecule has 11 heteroatoms. The molecule has 166 valence electrons. The first-order chi connectivity index (χ1) is 14.1.